The number of hydrogen-bond acceptors (Lipinski definition) is 5. The molecule has 6 nitrogen and oxygen atoms in total. The zero-order valence-electron chi connectivity index (χ0n) is 14.7. The van der Waals surface area contributed by atoms with Crippen molar-refractivity contribution in [2.24, 2.45) is 7.05 Å². The number of aryl methyl sites for hydroxylation is 2. The first-order valence-electron chi connectivity index (χ1n) is 7.88. The molecule has 0 saturated heterocycles. The first-order valence-corrected chi connectivity index (χ1v) is 9.44. The standard InChI is InChI=1S/C18H21NO5S/c1-11-5-12(8-19(2)18(11)20)15-6-14(25(4)21)7-16-17(15)23-10-13(24-16)9-22-3/h5-8,13H,9-10H2,1-4H3. The van der Waals surface area contributed by atoms with Crippen LogP contribution in [0.25, 0.3) is 11.1 Å². The molecule has 1 aromatic heterocycles. The van der Waals surface area contributed by atoms with Crippen LogP contribution in [0.5, 0.6) is 11.5 Å². The molecule has 1 aliphatic heterocycles. The third-order valence-corrected chi connectivity index (χ3v) is 4.99. The average molecular weight is 363 g/mol. The summed E-state index contributed by atoms with van der Waals surface area (Å²) < 4.78 is 30.6. The zero-order chi connectivity index (χ0) is 18.1. The summed E-state index contributed by atoms with van der Waals surface area (Å²) in [6, 6.07) is 5.38. The Hall–Kier alpha value is -1.96. The van der Waals surface area contributed by atoms with Crippen molar-refractivity contribution in [3.63, 3.8) is 0 Å². The molecule has 134 valence electrons. The molecule has 0 saturated carbocycles. The van der Waals surface area contributed by atoms with Crippen molar-refractivity contribution >= 4 is 11.2 Å². The minimum Gasteiger partial charge on any atom is -0.612 e. The predicted molar refractivity (Wildman–Crippen MR) is 96.0 cm³/mol. The second-order valence-electron chi connectivity index (χ2n) is 6.09. The summed E-state index contributed by atoms with van der Waals surface area (Å²) in [5.74, 6) is 1.14. The van der Waals surface area contributed by atoms with E-state index in [0.717, 1.165) is 11.1 Å². The largest absolute Gasteiger partial charge is 0.612 e. The molecule has 2 atom stereocenters. The van der Waals surface area contributed by atoms with E-state index in [0.29, 0.717) is 35.2 Å². The maximum atomic E-state index is 12.0. The Balaban J connectivity index is 2.15. The van der Waals surface area contributed by atoms with Gasteiger partial charge in [-0.25, -0.2) is 0 Å². The Morgan fingerprint density at radius 1 is 1.40 bits per heavy atom. The van der Waals surface area contributed by atoms with Gasteiger partial charge in [-0.1, -0.05) is 0 Å². The normalized spacial score (nSPS) is 17.4. The third kappa shape index (κ3) is 3.53. The molecule has 2 heterocycles. The fraction of sp³-hybridized carbons (Fsp3) is 0.389. The van der Waals surface area contributed by atoms with Crippen molar-refractivity contribution in [2.75, 3.05) is 26.6 Å². The first-order chi connectivity index (χ1) is 11.9. The lowest BCUT2D eigenvalue weighted by Crippen LogP contribution is -2.33. The zero-order valence-corrected chi connectivity index (χ0v) is 15.5. The molecule has 0 aliphatic carbocycles. The van der Waals surface area contributed by atoms with E-state index in [1.165, 1.54) is 4.57 Å². The molecule has 0 fully saturated rings. The number of hydrogen-bond donors (Lipinski definition) is 0. The number of nitrogens with zero attached hydrogens (tertiary/aromatic N) is 1. The summed E-state index contributed by atoms with van der Waals surface area (Å²) in [5, 5.41) is 0. The molecule has 0 N–H and O–H groups in total. The Bertz CT molecular complexity index is 820. The summed E-state index contributed by atoms with van der Waals surface area (Å²) in [6.07, 6.45) is 3.15. The second kappa shape index (κ2) is 7.11. The van der Waals surface area contributed by atoms with Crippen LogP contribution in [0.4, 0.5) is 0 Å². The van der Waals surface area contributed by atoms with Gasteiger partial charge >= 0.3 is 0 Å². The molecule has 1 aromatic carbocycles. The monoisotopic (exact) mass is 363 g/mol. The fourth-order valence-electron chi connectivity index (χ4n) is 2.88. The average Bonchev–Trinajstić information content (AvgIpc) is 2.58. The van der Waals surface area contributed by atoms with Gasteiger partial charge in [-0.05, 0) is 24.2 Å². The quantitative estimate of drug-likeness (QED) is 0.776. The van der Waals surface area contributed by atoms with Crippen molar-refractivity contribution in [1.82, 2.24) is 4.57 Å². The van der Waals surface area contributed by atoms with Gasteiger partial charge in [-0.15, -0.1) is 0 Å². The lowest BCUT2D eigenvalue weighted by molar-refractivity contribution is 0.0273. The maximum absolute atomic E-state index is 12.0. The Labute approximate surface area is 149 Å². The Kier molecular flexibility index (Phi) is 5.08. The molecule has 3 rings (SSSR count). The number of pyridine rings is 1. The summed E-state index contributed by atoms with van der Waals surface area (Å²) in [7, 11) is 3.31. The van der Waals surface area contributed by atoms with E-state index >= 15 is 0 Å². The molecule has 2 aromatic rings. The van der Waals surface area contributed by atoms with Crippen molar-refractivity contribution in [2.45, 2.75) is 17.9 Å². The lowest BCUT2D eigenvalue weighted by atomic mass is 10.0. The van der Waals surface area contributed by atoms with Gasteiger partial charge in [0.25, 0.3) is 5.56 Å². The third-order valence-electron chi connectivity index (χ3n) is 4.09. The minimum absolute atomic E-state index is 0.0508. The van der Waals surface area contributed by atoms with Gasteiger partial charge in [0.05, 0.1) is 6.61 Å². The van der Waals surface area contributed by atoms with Crippen LogP contribution in [0.1, 0.15) is 5.56 Å². The lowest BCUT2D eigenvalue weighted by Gasteiger charge is -2.28. The summed E-state index contributed by atoms with van der Waals surface area (Å²) in [5.41, 5.74) is 2.16. The van der Waals surface area contributed by atoms with Crippen molar-refractivity contribution in [1.29, 1.82) is 0 Å². The van der Waals surface area contributed by atoms with Crippen LogP contribution in [0.3, 0.4) is 0 Å². The van der Waals surface area contributed by atoms with Crippen molar-refractivity contribution in [3.8, 4) is 22.6 Å². The highest BCUT2D eigenvalue weighted by molar-refractivity contribution is 7.90. The van der Waals surface area contributed by atoms with E-state index < -0.39 is 11.2 Å². The van der Waals surface area contributed by atoms with Crippen LogP contribution in [-0.4, -0.2) is 41.8 Å². The van der Waals surface area contributed by atoms with E-state index in [2.05, 4.69) is 0 Å². The van der Waals surface area contributed by atoms with Crippen LogP contribution in [0.15, 0.2) is 34.1 Å². The number of methoxy groups -OCH3 is 1. The number of aromatic nitrogens is 1. The SMILES string of the molecule is COCC1COc2c(cc([S+](C)[O-])cc2-c2cc(C)c(=O)n(C)c2)O1. The van der Waals surface area contributed by atoms with E-state index in [1.54, 1.807) is 39.6 Å². The predicted octanol–water partition coefficient (Wildman–Crippen LogP) is 1.88. The van der Waals surface area contributed by atoms with Crippen LogP contribution < -0.4 is 15.0 Å². The highest BCUT2D eigenvalue weighted by Gasteiger charge is 2.27. The van der Waals surface area contributed by atoms with Crippen molar-refractivity contribution < 1.29 is 18.8 Å². The molecule has 0 spiro atoms. The number of benzene rings is 1. The highest BCUT2D eigenvalue weighted by Crippen LogP contribution is 2.43. The highest BCUT2D eigenvalue weighted by atomic mass is 32.2. The summed E-state index contributed by atoms with van der Waals surface area (Å²) >= 11 is -1.18. The van der Waals surface area contributed by atoms with E-state index in [9.17, 15) is 9.35 Å². The molecule has 25 heavy (non-hydrogen) atoms. The Morgan fingerprint density at radius 2 is 2.16 bits per heavy atom. The Morgan fingerprint density at radius 3 is 2.80 bits per heavy atom. The van der Waals surface area contributed by atoms with Gasteiger partial charge in [0.2, 0.25) is 0 Å². The number of ether oxygens (including phenoxy) is 3. The van der Waals surface area contributed by atoms with E-state index in [1.807, 2.05) is 12.1 Å². The van der Waals surface area contributed by atoms with E-state index in [4.69, 9.17) is 14.2 Å². The summed E-state index contributed by atoms with van der Waals surface area (Å²) in [6.45, 7) is 2.55. The van der Waals surface area contributed by atoms with Crippen LogP contribution in [-0.2, 0) is 23.0 Å². The molecule has 2 unspecified atom stereocenters. The van der Waals surface area contributed by atoms with E-state index in [-0.39, 0.29) is 11.7 Å². The van der Waals surface area contributed by atoms with Gasteiger partial charge in [0.1, 0.15) is 12.9 Å². The molecule has 0 bridgehead atoms. The number of fused-ring (bicyclic) bond motifs is 1. The van der Waals surface area contributed by atoms with Gasteiger partial charge < -0.3 is 23.3 Å². The molecule has 7 heteroatoms. The first kappa shape index (κ1) is 17.8. The molecule has 0 radical (unpaired) electrons. The van der Waals surface area contributed by atoms with Crippen molar-refractivity contribution in [3.05, 3.63) is 40.3 Å². The second-order valence-corrected chi connectivity index (χ2v) is 7.47. The van der Waals surface area contributed by atoms with Gasteiger partial charge in [0, 0.05) is 49.2 Å². The topological polar surface area (TPSA) is 72.8 Å². The molecule has 1 aliphatic rings. The van der Waals surface area contributed by atoms with Gasteiger partial charge in [0.15, 0.2) is 22.5 Å². The maximum Gasteiger partial charge on any atom is 0.253 e. The molecular formula is C18H21NO5S. The van der Waals surface area contributed by atoms with Gasteiger partial charge in [-0.2, -0.15) is 0 Å². The fourth-order valence-corrected chi connectivity index (χ4v) is 3.43. The molecular weight excluding hydrogens is 342 g/mol. The van der Waals surface area contributed by atoms with Gasteiger partial charge in [-0.3, -0.25) is 4.79 Å². The van der Waals surface area contributed by atoms with Crippen LogP contribution in [0.2, 0.25) is 0 Å². The molecule has 0 amide bonds. The minimum atomic E-state index is -1.18. The number of rotatable bonds is 4. The summed E-state index contributed by atoms with van der Waals surface area (Å²) in [4.78, 5) is 12.6. The van der Waals surface area contributed by atoms with Crippen LogP contribution in [0, 0.1) is 6.92 Å². The van der Waals surface area contributed by atoms with Crippen LogP contribution >= 0.6 is 0 Å². The smallest absolute Gasteiger partial charge is 0.253 e.